The topological polar surface area (TPSA) is 84.8 Å². The van der Waals surface area contributed by atoms with Crippen LogP contribution in [-0.2, 0) is 26.1 Å². The Morgan fingerprint density at radius 1 is 1.14 bits per heavy atom. The van der Waals surface area contributed by atoms with Gasteiger partial charge in [-0.2, -0.15) is 5.26 Å². The highest BCUT2D eigenvalue weighted by atomic mass is 16.1. The van der Waals surface area contributed by atoms with Gasteiger partial charge in [0, 0.05) is 32.6 Å². The van der Waals surface area contributed by atoms with E-state index in [-0.39, 0.29) is 5.56 Å². The summed E-state index contributed by atoms with van der Waals surface area (Å²) < 4.78 is 0. The molecule has 1 aromatic heterocycles. The lowest BCUT2D eigenvalue weighted by Crippen LogP contribution is -2.35. The molecule has 1 aliphatic heterocycles. The third-order valence-electron chi connectivity index (χ3n) is 4.91. The van der Waals surface area contributed by atoms with Crippen LogP contribution in [0.2, 0.25) is 0 Å². The van der Waals surface area contributed by atoms with Crippen LogP contribution in [0.4, 0.5) is 5.95 Å². The van der Waals surface area contributed by atoms with Crippen LogP contribution in [0.3, 0.4) is 0 Å². The van der Waals surface area contributed by atoms with Crippen LogP contribution < -0.4 is 10.9 Å². The Hall–Kier alpha value is -3.43. The molecule has 2 aromatic carbocycles. The third kappa shape index (κ3) is 4.11. The van der Waals surface area contributed by atoms with Crippen molar-refractivity contribution in [3.63, 3.8) is 0 Å². The van der Waals surface area contributed by atoms with Crippen molar-refractivity contribution in [2.24, 2.45) is 0 Å². The molecule has 0 saturated carbocycles. The predicted octanol–water partition coefficient (Wildman–Crippen LogP) is 2.81. The Kier molecular flexibility index (Phi) is 5.18. The number of nitrogens with one attached hydrogen (secondary N) is 2. The second kappa shape index (κ2) is 8.07. The number of fused-ring (bicyclic) bond motifs is 1. The van der Waals surface area contributed by atoms with Gasteiger partial charge in [-0.25, -0.2) is 4.98 Å². The second-order valence-corrected chi connectivity index (χ2v) is 6.95. The highest BCUT2D eigenvalue weighted by molar-refractivity contribution is 5.34. The lowest BCUT2D eigenvalue weighted by Gasteiger charge is -2.27. The molecular weight excluding hydrogens is 350 g/mol. The Morgan fingerprint density at radius 2 is 1.96 bits per heavy atom. The van der Waals surface area contributed by atoms with Gasteiger partial charge < -0.3 is 5.32 Å². The fourth-order valence-corrected chi connectivity index (χ4v) is 3.48. The van der Waals surface area contributed by atoms with Gasteiger partial charge >= 0.3 is 0 Å². The molecule has 2 heterocycles. The number of aromatic nitrogens is 2. The second-order valence-electron chi connectivity index (χ2n) is 6.95. The number of aromatic amines is 1. The minimum atomic E-state index is -0.0870. The molecule has 1 aliphatic rings. The van der Waals surface area contributed by atoms with Gasteiger partial charge in [0.2, 0.25) is 5.95 Å². The lowest BCUT2D eigenvalue weighted by atomic mass is 10.1. The highest BCUT2D eigenvalue weighted by Gasteiger charge is 2.21. The number of nitrogens with zero attached hydrogens (tertiary/aromatic N) is 3. The first-order valence-electron chi connectivity index (χ1n) is 9.32. The fraction of sp³-hybridized carbons (Fsp3) is 0.227. The van der Waals surface area contributed by atoms with Crippen LogP contribution in [0, 0.1) is 11.3 Å². The van der Waals surface area contributed by atoms with Crippen LogP contribution in [-0.4, -0.2) is 21.4 Å². The van der Waals surface area contributed by atoms with Crippen molar-refractivity contribution >= 4 is 5.95 Å². The number of anilines is 1. The van der Waals surface area contributed by atoms with E-state index in [9.17, 15) is 4.79 Å². The van der Waals surface area contributed by atoms with Gasteiger partial charge in [-0.15, -0.1) is 0 Å². The van der Waals surface area contributed by atoms with Crippen LogP contribution in [0.15, 0.2) is 59.4 Å². The molecule has 0 radical (unpaired) electrons. The molecular formula is C22H21N5O. The van der Waals surface area contributed by atoms with Crippen LogP contribution in [0.25, 0.3) is 0 Å². The number of benzene rings is 2. The van der Waals surface area contributed by atoms with Crippen LogP contribution in [0.1, 0.15) is 27.9 Å². The summed E-state index contributed by atoms with van der Waals surface area (Å²) in [6, 6.07) is 19.8. The summed E-state index contributed by atoms with van der Waals surface area (Å²) in [5, 5.41) is 12.3. The quantitative estimate of drug-likeness (QED) is 0.720. The van der Waals surface area contributed by atoms with Crippen molar-refractivity contribution in [1.29, 1.82) is 5.26 Å². The zero-order chi connectivity index (χ0) is 19.3. The highest BCUT2D eigenvalue weighted by Crippen LogP contribution is 2.18. The van der Waals surface area contributed by atoms with E-state index in [4.69, 9.17) is 5.26 Å². The first-order chi connectivity index (χ1) is 13.7. The number of hydrogen-bond donors (Lipinski definition) is 2. The van der Waals surface area contributed by atoms with Crippen LogP contribution >= 0.6 is 0 Å². The first-order valence-corrected chi connectivity index (χ1v) is 9.32. The van der Waals surface area contributed by atoms with E-state index in [1.54, 1.807) is 6.07 Å². The van der Waals surface area contributed by atoms with Crippen LogP contribution in [0.5, 0.6) is 0 Å². The first kappa shape index (κ1) is 18.0. The Bertz CT molecular complexity index is 1070. The summed E-state index contributed by atoms with van der Waals surface area (Å²) >= 11 is 0. The minimum absolute atomic E-state index is 0.0870. The Labute approximate surface area is 163 Å². The normalized spacial score (nSPS) is 13.5. The van der Waals surface area contributed by atoms with Gasteiger partial charge in [-0.3, -0.25) is 14.7 Å². The Morgan fingerprint density at radius 3 is 2.79 bits per heavy atom. The summed E-state index contributed by atoms with van der Waals surface area (Å²) in [5.74, 6) is 0.516. The Balaban J connectivity index is 1.45. The molecule has 0 atom stereocenters. The molecule has 4 rings (SSSR count). The molecule has 0 spiro atoms. The van der Waals surface area contributed by atoms with Gasteiger partial charge in [0.1, 0.15) is 0 Å². The lowest BCUT2D eigenvalue weighted by molar-refractivity contribution is 0.242. The third-order valence-corrected chi connectivity index (χ3v) is 4.91. The van der Waals surface area contributed by atoms with Crippen molar-refractivity contribution in [2.45, 2.75) is 26.1 Å². The minimum Gasteiger partial charge on any atom is -0.352 e. The van der Waals surface area contributed by atoms with Gasteiger partial charge in [0.25, 0.3) is 5.56 Å². The largest absolute Gasteiger partial charge is 0.352 e. The van der Waals surface area contributed by atoms with E-state index in [1.165, 1.54) is 0 Å². The molecule has 0 unspecified atom stereocenters. The molecule has 0 aliphatic carbocycles. The maximum absolute atomic E-state index is 12.6. The maximum atomic E-state index is 12.6. The fourth-order valence-electron chi connectivity index (χ4n) is 3.48. The summed E-state index contributed by atoms with van der Waals surface area (Å²) in [7, 11) is 0. The molecule has 0 fully saturated rings. The zero-order valence-electron chi connectivity index (χ0n) is 15.5. The predicted molar refractivity (Wildman–Crippen MR) is 108 cm³/mol. The zero-order valence-corrected chi connectivity index (χ0v) is 15.5. The van der Waals surface area contributed by atoms with E-state index < -0.39 is 0 Å². The number of nitriles is 1. The van der Waals surface area contributed by atoms with E-state index in [1.807, 2.05) is 48.5 Å². The van der Waals surface area contributed by atoms with E-state index in [2.05, 4.69) is 26.3 Å². The molecule has 0 saturated heterocycles. The van der Waals surface area contributed by atoms with Gasteiger partial charge in [-0.05, 0) is 23.3 Å². The van der Waals surface area contributed by atoms with Gasteiger partial charge in [0.05, 0.1) is 22.9 Å². The standard InChI is InChI=1S/C22H21N5O/c23-12-17-7-4-8-18(11-17)14-27-10-9-20-19(15-27)21(28)26-22(25-20)24-13-16-5-2-1-3-6-16/h1-8,11H,9-10,13-15H2,(H2,24,25,26,28). The molecule has 3 aromatic rings. The number of hydrogen-bond acceptors (Lipinski definition) is 5. The van der Waals surface area contributed by atoms with E-state index in [0.29, 0.717) is 31.1 Å². The van der Waals surface area contributed by atoms with Crippen molar-refractivity contribution < 1.29 is 0 Å². The van der Waals surface area contributed by atoms with Crippen molar-refractivity contribution in [1.82, 2.24) is 14.9 Å². The summed E-state index contributed by atoms with van der Waals surface area (Å²) in [5.41, 5.74) is 4.37. The van der Waals surface area contributed by atoms with Crippen molar-refractivity contribution in [2.75, 3.05) is 11.9 Å². The molecule has 6 heteroatoms. The van der Waals surface area contributed by atoms with Gasteiger partial charge in [-0.1, -0.05) is 42.5 Å². The number of rotatable bonds is 5. The monoisotopic (exact) mass is 371 g/mol. The molecule has 0 bridgehead atoms. The smallest absolute Gasteiger partial charge is 0.257 e. The van der Waals surface area contributed by atoms with Crippen molar-refractivity contribution in [3.8, 4) is 6.07 Å². The SMILES string of the molecule is N#Cc1cccc(CN2CCc3nc(NCc4ccccc4)[nH]c(=O)c3C2)c1. The van der Waals surface area contributed by atoms with Crippen molar-refractivity contribution in [3.05, 3.63) is 92.9 Å². The average Bonchev–Trinajstić information content (AvgIpc) is 2.73. The maximum Gasteiger partial charge on any atom is 0.257 e. The molecule has 2 N–H and O–H groups in total. The summed E-state index contributed by atoms with van der Waals surface area (Å²) in [6.07, 6.45) is 0.733. The molecule has 0 amide bonds. The molecule has 140 valence electrons. The van der Waals surface area contributed by atoms with Gasteiger partial charge in [0.15, 0.2) is 0 Å². The number of H-pyrrole nitrogens is 1. The van der Waals surface area contributed by atoms with E-state index in [0.717, 1.165) is 35.3 Å². The summed E-state index contributed by atoms with van der Waals surface area (Å²) in [6.45, 7) is 2.72. The van der Waals surface area contributed by atoms with E-state index >= 15 is 0 Å². The summed E-state index contributed by atoms with van der Waals surface area (Å²) in [4.78, 5) is 22.3. The average molecular weight is 371 g/mol. The molecule has 6 nitrogen and oxygen atoms in total. The molecule has 28 heavy (non-hydrogen) atoms.